The number of allylic oxidation sites excluding steroid dienone is 3. The minimum atomic E-state index is 0.0851. The van der Waals surface area contributed by atoms with E-state index in [9.17, 15) is 4.79 Å². The maximum Gasteiger partial charge on any atom is 0.159 e. The van der Waals surface area contributed by atoms with Gasteiger partial charge in [-0.05, 0) is 48.4 Å². The van der Waals surface area contributed by atoms with Gasteiger partial charge in [-0.1, -0.05) is 24.3 Å². The van der Waals surface area contributed by atoms with E-state index in [4.69, 9.17) is 0 Å². The zero-order chi connectivity index (χ0) is 15.3. The van der Waals surface area contributed by atoms with Gasteiger partial charge in [0.2, 0.25) is 0 Å². The van der Waals surface area contributed by atoms with E-state index in [2.05, 4.69) is 35.0 Å². The monoisotopic (exact) mass is 293 g/mol. The number of H-pyrrole nitrogens is 1. The molecule has 0 fully saturated rings. The molecule has 1 unspecified atom stereocenters. The van der Waals surface area contributed by atoms with Gasteiger partial charge >= 0.3 is 0 Å². The highest BCUT2D eigenvalue weighted by Gasteiger charge is 2.46. The summed E-state index contributed by atoms with van der Waals surface area (Å²) in [5.41, 5.74) is 6.68. The Balaban J connectivity index is 2.05. The van der Waals surface area contributed by atoms with Crippen molar-refractivity contribution in [2.45, 2.75) is 39.0 Å². The van der Waals surface area contributed by atoms with Crippen molar-refractivity contribution in [1.29, 1.82) is 0 Å². The van der Waals surface area contributed by atoms with Crippen LogP contribution in [-0.2, 0) is 11.2 Å². The van der Waals surface area contributed by atoms with Crippen molar-refractivity contribution in [3.8, 4) is 0 Å². The number of carbonyl (C=O) groups excluding carboxylic acids is 1. The summed E-state index contributed by atoms with van der Waals surface area (Å²) in [4.78, 5) is 12.5. The molecule has 4 nitrogen and oxygen atoms in total. The molecule has 0 bridgehead atoms. The van der Waals surface area contributed by atoms with Crippen LogP contribution in [0.15, 0.2) is 30.4 Å². The number of hydrogen-bond acceptors (Lipinski definition) is 3. The van der Waals surface area contributed by atoms with Crippen molar-refractivity contribution in [1.82, 2.24) is 15.4 Å². The van der Waals surface area contributed by atoms with Crippen LogP contribution in [0.25, 0.3) is 16.6 Å². The number of ketones is 1. The lowest BCUT2D eigenvalue weighted by molar-refractivity contribution is -0.116. The molecule has 2 aliphatic carbocycles. The highest BCUT2D eigenvalue weighted by atomic mass is 16.1. The first-order valence-corrected chi connectivity index (χ1v) is 7.91. The van der Waals surface area contributed by atoms with Crippen molar-refractivity contribution in [3.05, 3.63) is 41.5 Å². The Morgan fingerprint density at radius 1 is 1.45 bits per heavy atom. The van der Waals surface area contributed by atoms with E-state index in [1.54, 1.807) is 0 Å². The average Bonchev–Trinajstić information content (AvgIpc) is 3.12. The Labute approximate surface area is 129 Å². The summed E-state index contributed by atoms with van der Waals surface area (Å²) in [6.45, 7) is 6.07. The summed E-state index contributed by atoms with van der Waals surface area (Å²) in [6, 6.07) is 4.16. The number of aromatic amines is 1. The van der Waals surface area contributed by atoms with Crippen LogP contribution in [0, 0.1) is 5.41 Å². The van der Waals surface area contributed by atoms with Crippen LogP contribution in [-0.4, -0.2) is 21.2 Å². The first-order valence-electron chi connectivity index (χ1n) is 7.91. The summed E-state index contributed by atoms with van der Waals surface area (Å²) in [6.07, 6.45) is 6.10. The molecule has 0 aliphatic heterocycles. The van der Waals surface area contributed by atoms with Crippen LogP contribution in [0.1, 0.15) is 43.7 Å². The Kier molecular flexibility index (Phi) is 2.83. The molecule has 1 N–H and O–H groups in total. The second-order valence-corrected chi connectivity index (χ2v) is 6.38. The van der Waals surface area contributed by atoms with E-state index in [0.717, 1.165) is 35.9 Å². The Hall–Kier alpha value is -2.23. The van der Waals surface area contributed by atoms with Crippen molar-refractivity contribution in [3.63, 3.8) is 0 Å². The van der Waals surface area contributed by atoms with Gasteiger partial charge in [-0.25, -0.2) is 0 Å². The van der Waals surface area contributed by atoms with Gasteiger partial charge in [-0.2, -0.15) is 0 Å². The molecule has 1 heterocycles. The van der Waals surface area contributed by atoms with Crippen molar-refractivity contribution >= 4 is 22.4 Å². The number of hydrogen-bond donors (Lipinski definition) is 1. The Bertz CT molecular complexity index is 830. The summed E-state index contributed by atoms with van der Waals surface area (Å²) in [5, 5.41) is 11.2. The number of fused-ring (bicyclic) bond motifs is 5. The van der Waals surface area contributed by atoms with Gasteiger partial charge in [0.05, 0.1) is 5.52 Å². The van der Waals surface area contributed by atoms with Crippen LogP contribution in [0.4, 0.5) is 0 Å². The molecule has 0 spiro atoms. The fourth-order valence-electron chi connectivity index (χ4n) is 4.27. The highest BCUT2D eigenvalue weighted by Crippen LogP contribution is 2.56. The second-order valence-electron chi connectivity index (χ2n) is 6.38. The van der Waals surface area contributed by atoms with Crippen molar-refractivity contribution in [2.75, 3.05) is 0 Å². The van der Waals surface area contributed by atoms with Crippen LogP contribution < -0.4 is 0 Å². The summed E-state index contributed by atoms with van der Waals surface area (Å²) < 4.78 is 0. The lowest BCUT2D eigenvalue weighted by Gasteiger charge is -2.35. The molecule has 4 heteroatoms. The van der Waals surface area contributed by atoms with E-state index in [-0.39, 0.29) is 11.2 Å². The molecule has 4 rings (SSSR count). The van der Waals surface area contributed by atoms with Crippen LogP contribution in [0.5, 0.6) is 0 Å². The largest absolute Gasteiger partial charge is 0.295 e. The predicted octanol–water partition coefficient (Wildman–Crippen LogP) is 3.60. The molecule has 1 aromatic heterocycles. The van der Waals surface area contributed by atoms with Crippen molar-refractivity contribution in [2.24, 2.45) is 5.41 Å². The van der Waals surface area contributed by atoms with Gasteiger partial charge < -0.3 is 0 Å². The molecule has 0 saturated heterocycles. The standard InChI is InChI=1S/C18H19N3O/c1-3-5-12-15(22)8-9-18(4-2)10-13-11(16(12)18)6-7-14-17(13)20-21-19-14/h3,6-7H,1,4-5,8-10H2,2H3,(H,19,20,21). The fraction of sp³-hybridized carbons (Fsp3) is 0.389. The third-order valence-corrected chi connectivity index (χ3v) is 5.41. The molecule has 112 valence electrons. The summed E-state index contributed by atoms with van der Waals surface area (Å²) >= 11 is 0. The fourth-order valence-corrected chi connectivity index (χ4v) is 4.27. The molecule has 0 amide bonds. The first-order chi connectivity index (χ1) is 10.7. The zero-order valence-corrected chi connectivity index (χ0v) is 12.8. The van der Waals surface area contributed by atoms with Gasteiger partial charge in [0.15, 0.2) is 5.78 Å². The molecular formula is C18H19N3O. The highest BCUT2D eigenvalue weighted by molar-refractivity contribution is 6.07. The van der Waals surface area contributed by atoms with E-state index >= 15 is 0 Å². The predicted molar refractivity (Wildman–Crippen MR) is 86.3 cm³/mol. The number of Topliss-reactive ketones (excluding diaryl/α,β-unsaturated/α-hetero) is 1. The zero-order valence-electron chi connectivity index (χ0n) is 12.8. The summed E-state index contributed by atoms with van der Waals surface area (Å²) in [7, 11) is 0. The molecule has 0 radical (unpaired) electrons. The number of aromatic nitrogens is 3. The number of benzene rings is 1. The SMILES string of the molecule is C=CCC1=C2c3ccc4[nH]nnc4c3CC2(CC)CCC1=O. The normalized spacial score (nSPS) is 23.8. The smallest absolute Gasteiger partial charge is 0.159 e. The van der Waals surface area contributed by atoms with E-state index in [1.807, 2.05) is 12.1 Å². The molecule has 2 aliphatic rings. The van der Waals surface area contributed by atoms with E-state index in [1.165, 1.54) is 16.7 Å². The lowest BCUT2D eigenvalue weighted by atomic mass is 9.68. The van der Waals surface area contributed by atoms with Crippen molar-refractivity contribution < 1.29 is 4.79 Å². The molecular weight excluding hydrogens is 274 g/mol. The lowest BCUT2D eigenvalue weighted by Crippen LogP contribution is -2.28. The third kappa shape index (κ3) is 1.61. The van der Waals surface area contributed by atoms with Crippen LogP contribution in [0.2, 0.25) is 0 Å². The first kappa shape index (κ1) is 13.4. The molecule has 2 aromatic rings. The van der Waals surface area contributed by atoms with Crippen LogP contribution >= 0.6 is 0 Å². The summed E-state index contributed by atoms with van der Waals surface area (Å²) in [5.74, 6) is 0.284. The number of nitrogens with zero attached hydrogens (tertiary/aromatic N) is 2. The Morgan fingerprint density at radius 3 is 3.09 bits per heavy atom. The number of nitrogens with one attached hydrogen (secondary N) is 1. The van der Waals surface area contributed by atoms with Crippen LogP contribution in [0.3, 0.4) is 0 Å². The molecule has 22 heavy (non-hydrogen) atoms. The maximum atomic E-state index is 12.5. The minimum Gasteiger partial charge on any atom is -0.295 e. The van der Waals surface area contributed by atoms with E-state index < -0.39 is 0 Å². The topological polar surface area (TPSA) is 58.6 Å². The van der Waals surface area contributed by atoms with Gasteiger partial charge in [-0.3, -0.25) is 9.89 Å². The molecule has 0 saturated carbocycles. The molecule has 1 aromatic carbocycles. The van der Waals surface area contributed by atoms with E-state index in [0.29, 0.717) is 12.8 Å². The second kappa shape index (κ2) is 4.63. The molecule has 1 atom stereocenters. The van der Waals surface area contributed by atoms with Gasteiger partial charge in [0.1, 0.15) is 5.52 Å². The third-order valence-electron chi connectivity index (χ3n) is 5.41. The number of carbonyl (C=O) groups is 1. The quantitative estimate of drug-likeness (QED) is 0.880. The van der Waals surface area contributed by atoms with Gasteiger partial charge in [0.25, 0.3) is 0 Å². The van der Waals surface area contributed by atoms with Gasteiger partial charge in [0, 0.05) is 17.4 Å². The Morgan fingerprint density at radius 2 is 2.32 bits per heavy atom. The number of rotatable bonds is 3. The van der Waals surface area contributed by atoms with Gasteiger partial charge in [-0.15, -0.1) is 11.7 Å². The average molecular weight is 293 g/mol. The maximum absolute atomic E-state index is 12.5. The minimum absolute atomic E-state index is 0.0851.